The minimum absolute atomic E-state index is 0.169. The van der Waals surface area contributed by atoms with Crippen LogP contribution in [0.2, 0.25) is 0 Å². The molecule has 4 heteroatoms. The highest BCUT2D eigenvalue weighted by Gasteiger charge is 2.26. The first kappa shape index (κ1) is 10.5. The molecule has 0 aromatic heterocycles. The van der Waals surface area contributed by atoms with E-state index in [9.17, 15) is 4.79 Å². The van der Waals surface area contributed by atoms with Gasteiger partial charge in [0.25, 0.3) is 0 Å². The van der Waals surface area contributed by atoms with E-state index >= 15 is 0 Å². The van der Waals surface area contributed by atoms with Crippen LogP contribution in [0.15, 0.2) is 0 Å². The Morgan fingerprint density at radius 2 is 2.38 bits per heavy atom. The van der Waals surface area contributed by atoms with Gasteiger partial charge < -0.3 is 10.2 Å². The van der Waals surface area contributed by atoms with Crippen molar-refractivity contribution >= 4 is 5.97 Å². The predicted molar refractivity (Wildman–Crippen MR) is 48.5 cm³/mol. The summed E-state index contributed by atoms with van der Waals surface area (Å²) in [6.07, 6.45) is 2.00. The molecule has 0 aromatic carbocycles. The summed E-state index contributed by atoms with van der Waals surface area (Å²) in [5, 5.41) is 17.7. The fraction of sp³-hybridized carbons (Fsp3) is 0.889. The van der Waals surface area contributed by atoms with E-state index in [-0.39, 0.29) is 12.5 Å². The van der Waals surface area contributed by atoms with Gasteiger partial charge in [0.05, 0.1) is 0 Å². The SMILES string of the molecule is C[C@H](C(=O)O)N1CCC[C@@H](CO)C1. The van der Waals surface area contributed by atoms with Crippen LogP contribution in [0.4, 0.5) is 0 Å². The van der Waals surface area contributed by atoms with Crippen LogP contribution in [0.5, 0.6) is 0 Å². The smallest absolute Gasteiger partial charge is 0.320 e. The molecule has 13 heavy (non-hydrogen) atoms. The van der Waals surface area contributed by atoms with E-state index < -0.39 is 12.0 Å². The molecule has 1 saturated heterocycles. The lowest BCUT2D eigenvalue weighted by atomic mass is 9.98. The average Bonchev–Trinajstić information content (AvgIpc) is 2.16. The van der Waals surface area contributed by atoms with Gasteiger partial charge in [0.2, 0.25) is 0 Å². The summed E-state index contributed by atoms with van der Waals surface area (Å²) >= 11 is 0. The number of carboxylic acid groups (broad SMARTS) is 1. The molecule has 0 amide bonds. The van der Waals surface area contributed by atoms with Crippen LogP contribution in [-0.4, -0.2) is 46.8 Å². The quantitative estimate of drug-likeness (QED) is 0.661. The van der Waals surface area contributed by atoms with Gasteiger partial charge in [0.1, 0.15) is 6.04 Å². The third kappa shape index (κ3) is 2.67. The summed E-state index contributed by atoms with van der Waals surface area (Å²) in [6, 6.07) is -0.422. The summed E-state index contributed by atoms with van der Waals surface area (Å²) in [5.41, 5.74) is 0. The lowest BCUT2D eigenvalue weighted by molar-refractivity contribution is -0.143. The standard InChI is InChI=1S/C9H17NO3/c1-7(9(12)13)10-4-2-3-8(5-10)6-11/h7-8,11H,2-6H2,1H3,(H,12,13)/t7-,8-/m1/s1. The van der Waals surface area contributed by atoms with E-state index in [4.69, 9.17) is 10.2 Å². The number of likely N-dealkylation sites (tertiary alicyclic amines) is 1. The number of rotatable bonds is 3. The van der Waals surface area contributed by atoms with Crippen molar-refractivity contribution in [3.8, 4) is 0 Å². The summed E-state index contributed by atoms with van der Waals surface area (Å²) in [4.78, 5) is 12.6. The number of aliphatic hydroxyl groups is 1. The highest BCUT2D eigenvalue weighted by molar-refractivity contribution is 5.72. The van der Waals surface area contributed by atoms with Crippen LogP contribution in [-0.2, 0) is 4.79 Å². The summed E-state index contributed by atoms with van der Waals surface area (Å²) in [6.45, 7) is 3.42. The zero-order valence-corrected chi connectivity index (χ0v) is 7.94. The zero-order chi connectivity index (χ0) is 9.84. The molecule has 0 saturated carbocycles. The zero-order valence-electron chi connectivity index (χ0n) is 7.94. The predicted octanol–water partition coefficient (Wildman–Crippen LogP) is 0.164. The molecule has 2 N–H and O–H groups in total. The Morgan fingerprint density at radius 1 is 1.69 bits per heavy atom. The highest BCUT2D eigenvalue weighted by atomic mass is 16.4. The molecule has 0 unspecified atom stereocenters. The Labute approximate surface area is 78.2 Å². The topological polar surface area (TPSA) is 60.8 Å². The number of hydrogen-bond acceptors (Lipinski definition) is 3. The lowest BCUT2D eigenvalue weighted by Crippen LogP contribution is -2.45. The maximum Gasteiger partial charge on any atom is 0.320 e. The van der Waals surface area contributed by atoms with Crippen molar-refractivity contribution in [2.24, 2.45) is 5.92 Å². The van der Waals surface area contributed by atoms with Crippen LogP contribution >= 0.6 is 0 Å². The Hall–Kier alpha value is -0.610. The van der Waals surface area contributed by atoms with Crippen molar-refractivity contribution in [2.45, 2.75) is 25.8 Å². The van der Waals surface area contributed by atoms with E-state index in [1.807, 2.05) is 4.90 Å². The molecule has 1 fully saturated rings. The number of carbonyl (C=O) groups is 1. The van der Waals surface area contributed by atoms with Gasteiger partial charge in [-0.3, -0.25) is 9.69 Å². The number of aliphatic carboxylic acids is 1. The molecule has 1 rings (SSSR count). The van der Waals surface area contributed by atoms with Crippen molar-refractivity contribution in [2.75, 3.05) is 19.7 Å². The van der Waals surface area contributed by atoms with E-state index in [0.717, 1.165) is 19.4 Å². The molecular weight excluding hydrogens is 170 g/mol. The molecule has 1 aliphatic heterocycles. The summed E-state index contributed by atoms with van der Waals surface area (Å²) < 4.78 is 0. The van der Waals surface area contributed by atoms with Crippen molar-refractivity contribution in [1.29, 1.82) is 0 Å². The third-order valence-electron chi connectivity index (χ3n) is 2.71. The first-order valence-electron chi connectivity index (χ1n) is 4.73. The van der Waals surface area contributed by atoms with Gasteiger partial charge in [0.15, 0.2) is 0 Å². The minimum atomic E-state index is -0.779. The maximum absolute atomic E-state index is 10.7. The van der Waals surface area contributed by atoms with Gasteiger partial charge in [-0.05, 0) is 32.2 Å². The molecule has 0 radical (unpaired) electrons. The fourth-order valence-electron chi connectivity index (χ4n) is 1.75. The molecule has 0 bridgehead atoms. The van der Waals surface area contributed by atoms with Gasteiger partial charge in [0, 0.05) is 13.2 Å². The van der Waals surface area contributed by atoms with Crippen LogP contribution in [0.1, 0.15) is 19.8 Å². The Balaban J connectivity index is 2.46. The second kappa shape index (κ2) is 4.58. The van der Waals surface area contributed by atoms with E-state index in [1.165, 1.54) is 0 Å². The van der Waals surface area contributed by atoms with E-state index in [0.29, 0.717) is 6.54 Å². The first-order chi connectivity index (χ1) is 6.15. The Kier molecular flexibility index (Phi) is 3.69. The fourth-order valence-corrected chi connectivity index (χ4v) is 1.75. The molecule has 1 heterocycles. The number of piperidine rings is 1. The molecule has 1 aliphatic rings. The molecule has 4 nitrogen and oxygen atoms in total. The molecule has 0 aromatic rings. The van der Waals surface area contributed by atoms with Gasteiger partial charge >= 0.3 is 5.97 Å². The third-order valence-corrected chi connectivity index (χ3v) is 2.71. The largest absolute Gasteiger partial charge is 0.480 e. The van der Waals surface area contributed by atoms with Crippen molar-refractivity contribution in [3.05, 3.63) is 0 Å². The van der Waals surface area contributed by atoms with Crippen LogP contribution in [0.3, 0.4) is 0 Å². The number of hydrogen-bond donors (Lipinski definition) is 2. The average molecular weight is 187 g/mol. The lowest BCUT2D eigenvalue weighted by Gasteiger charge is -2.34. The molecular formula is C9H17NO3. The number of nitrogens with zero attached hydrogens (tertiary/aromatic N) is 1. The summed E-state index contributed by atoms with van der Waals surface area (Å²) in [7, 11) is 0. The Bertz CT molecular complexity index is 184. The molecule has 2 atom stereocenters. The van der Waals surface area contributed by atoms with Gasteiger partial charge in [-0.1, -0.05) is 0 Å². The van der Waals surface area contributed by atoms with Crippen LogP contribution < -0.4 is 0 Å². The van der Waals surface area contributed by atoms with Crippen molar-refractivity contribution in [3.63, 3.8) is 0 Å². The van der Waals surface area contributed by atoms with Crippen LogP contribution in [0, 0.1) is 5.92 Å². The van der Waals surface area contributed by atoms with Crippen LogP contribution in [0.25, 0.3) is 0 Å². The molecule has 76 valence electrons. The van der Waals surface area contributed by atoms with Gasteiger partial charge in [-0.2, -0.15) is 0 Å². The van der Waals surface area contributed by atoms with E-state index in [2.05, 4.69) is 0 Å². The monoisotopic (exact) mass is 187 g/mol. The number of carboxylic acids is 1. The minimum Gasteiger partial charge on any atom is -0.480 e. The van der Waals surface area contributed by atoms with Gasteiger partial charge in [-0.25, -0.2) is 0 Å². The highest BCUT2D eigenvalue weighted by Crippen LogP contribution is 2.17. The van der Waals surface area contributed by atoms with Crippen molar-refractivity contribution in [1.82, 2.24) is 4.90 Å². The maximum atomic E-state index is 10.7. The second-order valence-corrected chi connectivity index (χ2v) is 3.70. The van der Waals surface area contributed by atoms with E-state index in [1.54, 1.807) is 6.92 Å². The molecule has 0 spiro atoms. The van der Waals surface area contributed by atoms with Crippen molar-refractivity contribution < 1.29 is 15.0 Å². The summed E-state index contributed by atoms with van der Waals surface area (Å²) in [5.74, 6) is -0.519. The van der Waals surface area contributed by atoms with Gasteiger partial charge in [-0.15, -0.1) is 0 Å². The molecule has 0 aliphatic carbocycles. The normalized spacial score (nSPS) is 27.1. The first-order valence-corrected chi connectivity index (χ1v) is 4.73. The Morgan fingerprint density at radius 3 is 2.92 bits per heavy atom. The number of aliphatic hydroxyl groups excluding tert-OH is 1. The second-order valence-electron chi connectivity index (χ2n) is 3.70.